The second-order valence-electron chi connectivity index (χ2n) is 12.3. The third-order valence-corrected chi connectivity index (χ3v) is 9.56. The van der Waals surface area contributed by atoms with Gasteiger partial charge in [-0.3, -0.25) is 25.0 Å². The predicted octanol–water partition coefficient (Wildman–Crippen LogP) is 3.30. The van der Waals surface area contributed by atoms with Gasteiger partial charge in [0.25, 0.3) is 0 Å². The van der Waals surface area contributed by atoms with Crippen LogP contribution in [0.3, 0.4) is 0 Å². The molecule has 0 bridgehead atoms. The van der Waals surface area contributed by atoms with Crippen molar-refractivity contribution >= 4 is 17.9 Å². The van der Waals surface area contributed by atoms with Gasteiger partial charge in [-0.15, -0.1) is 37.0 Å². The van der Waals surface area contributed by atoms with Gasteiger partial charge < -0.3 is 20.6 Å². The molecule has 1 spiro atoms. The maximum Gasteiger partial charge on any atom is 0.322 e. The molecular formula is C37H41N3O6. The lowest BCUT2D eigenvalue weighted by atomic mass is 9.79. The summed E-state index contributed by atoms with van der Waals surface area (Å²) >= 11 is 0. The van der Waals surface area contributed by atoms with E-state index < -0.39 is 41.6 Å². The number of hydrogen-bond acceptors (Lipinski definition) is 6. The Morgan fingerprint density at radius 3 is 1.50 bits per heavy atom. The van der Waals surface area contributed by atoms with Gasteiger partial charge in [0.15, 0.2) is 0 Å². The van der Waals surface area contributed by atoms with Crippen LogP contribution in [0.2, 0.25) is 0 Å². The zero-order chi connectivity index (χ0) is 33.3. The Kier molecular flexibility index (Phi) is 11.3. The first-order valence-corrected chi connectivity index (χ1v) is 15.6. The standard InChI is InChI=1S/C19H17NO2.C11H15NO2.C7H9NO2/c1-2-14-13-19(20-17(14)18(21)22,15-9-5-3-6-10-15)16-11-7-4-8-12-16;1-2-8-7-11(5-3-4-6-11)12-9(8)10(13)14;1-2-5-3-4-8-6(5)7(9)10/h1,3-12,14,17,20H,13H2,(H,21,22);1,8-9,12H,3-7H2,(H,13,14);1,5-6,8H,3-4H2,(H,9,10). The largest absolute Gasteiger partial charge is 0.480 e. The SMILES string of the molecule is C#CC1CC(c2ccccc2)(c2ccccc2)NC1C(=O)O.C#CC1CC2(CCCC2)NC1C(=O)O.C#CC1CCNC1C(=O)O. The number of carbonyl (C=O) groups is 3. The highest BCUT2D eigenvalue weighted by atomic mass is 16.4. The van der Waals surface area contributed by atoms with E-state index in [-0.39, 0.29) is 23.3 Å². The van der Waals surface area contributed by atoms with Crippen LogP contribution >= 0.6 is 0 Å². The van der Waals surface area contributed by atoms with Gasteiger partial charge in [-0.25, -0.2) is 0 Å². The zero-order valence-corrected chi connectivity index (χ0v) is 25.7. The van der Waals surface area contributed by atoms with E-state index in [0.29, 0.717) is 13.0 Å². The van der Waals surface area contributed by atoms with Crippen molar-refractivity contribution in [3.63, 3.8) is 0 Å². The summed E-state index contributed by atoms with van der Waals surface area (Å²) in [5, 5.41) is 36.4. The Morgan fingerprint density at radius 2 is 1.11 bits per heavy atom. The molecule has 9 nitrogen and oxygen atoms in total. The summed E-state index contributed by atoms with van der Waals surface area (Å²) in [5.41, 5.74) is 1.54. The highest BCUT2D eigenvalue weighted by Crippen LogP contribution is 2.43. The summed E-state index contributed by atoms with van der Waals surface area (Å²) in [5.74, 6) is 4.53. The fourth-order valence-electron chi connectivity index (χ4n) is 7.24. The minimum Gasteiger partial charge on any atom is -0.480 e. The third kappa shape index (κ3) is 7.44. The van der Waals surface area contributed by atoms with Crippen LogP contribution in [0.4, 0.5) is 0 Å². The molecule has 0 radical (unpaired) electrons. The molecule has 4 fully saturated rings. The first kappa shape index (κ1) is 34.3. The molecule has 0 aromatic heterocycles. The number of carboxylic acid groups (broad SMARTS) is 3. The highest BCUT2D eigenvalue weighted by molar-refractivity contribution is 5.76. The fourth-order valence-corrected chi connectivity index (χ4v) is 7.24. The smallest absolute Gasteiger partial charge is 0.322 e. The molecule has 240 valence electrons. The Labute approximate surface area is 270 Å². The first-order chi connectivity index (χ1) is 22.1. The summed E-state index contributed by atoms with van der Waals surface area (Å²) in [4.78, 5) is 32.9. The number of terminal acetylenes is 3. The number of carboxylic acids is 3. The van der Waals surface area contributed by atoms with Gasteiger partial charge in [0.05, 0.1) is 5.54 Å². The Bertz CT molecular complexity index is 1460. The molecule has 1 saturated carbocycles. The predicted molar refractivity (Wildman–Crippen MR) is 174 cm³/mol. The normalized spacial score (nSPS) is 28.3. The number of nitrogens with one attached hydrogen (secondary N) is 3. The third-order valence-electron chi connectivity index (χ3n) is 9.56. The van der Waals surface area contributed by atoms with Crippen molar-refractivity contribution < 1.29 is 29.7 Å². The minimum absolute atomic E-state index is 0.0418. The molecule has 6 unspecified atom stereocenters. The number of rotatable bonds is 5. The Balaban J connectivity index is 0.000000171. The topological polar surface area (TPSA) is 148 Å². The van der Waals surface area contributed by atoms with Crippen molar-refractivity contribution in [3.8, 4) is 37.0 Å². The average Bonchev–Trinajstić information content (AvgIpc) is 3.88. The van der Waals surface area contributed by atoms with Gasteiger partial charge in [0, 0.05) is 23.3 Å². The van der Waals surface area contributed by atoms with E-state index in [1.807, 2.05) is 60.7 Å². The van der Waals surface area contributed by atoms with Crippen LogP contribution in [0.5, 0.6) is 0 Å². The second-order valence-corrected chi connectivity index (χ2v) is 12.3. The van der Waals surface area contributed by atoms with Gasteiger partial charge >= 0.3 is 17.9 Å². The molecule has 3 saturated heterocycles. The summed E-state index contributed by atoms with van der Waals surface area (Å²) in [6.07, 6.45) is 22.8. The van der Waals surface area contributed by atoms with Crippen molar-refractivity contribution in [3.05, 3.63) is 71.8 Å². The van der Waals surface area contributed by atoms with Gasteiger partial charge in [-0.1, -0.05) is 73.5 Å². The van der Waals surface area contributed by atoms with Gasteiger partial charge in [-0.2, -0.15) is 0 Å². The van der Waals surface area contributed by atoms with Crippen molar-refractivity contribution in [1.29, 1.82) is 0 Å². The summed E-state index contributed by atoms with van der Waals surface area (Å²) in [6.45, 7) is 0.714. The number of benzene rings is 2. The molecule has 3 aliphatic heterocycles. The maximum absolute atomic E-state index is 11.6. The van der Waals surface area contributed by atoms with Crippen molar-refractivity contribution in [2.45, 2.75) is 74.1 Å². The first-order valence-electron chi connectivity index (χ1n) is 15.6. The van der Waals surface area contributed by atoms with Crippen LogP contribution < -0.4 is 16.0 Å². The highest BCUT2D eigenvalue weighted by Gasteiger charge is 2.49. The molecule has 6 rings (SSSR count). The molecule has 3 heterocycles. The lowest BCUT2D eigenvalue weighted by Gasteiger charge is -2.31. The lowest BCUT2D eigenvalue weighted by molar-refractivity contribution is -0.140. The molecule has 2 aromatic rings. The van der Waals surface area contributed by atoms with Crippen molar-refractivity contribution in [2.24, 2.45) is 17.8 Å². The van der Waals surface area contributed by atoms with Crippen LogP contribution in [-0.2, 0) is 19.9 Å². The lowest BCUT2D eigenvalue weighted by Crippen LogP contribution is -2.45. The van der Waals surface area contributed by atoms with E-state index in [2.05, 4.69) is 33.7 Å². The molecule has 9 heteroatoms. The maximum atomic E-state index is 11.6. The van der Waals surface area contributed by atoms with E-state index in [0.717, 1.165) is 36.8 Å². The van der Waals surface area contributed by atoms with Crippen molar-refractivity contribution in [2.75, 3.05) is 6.54 Å². The molecule has 1 aliphatic carbocycles. The monoisotopic (exact) mass is 623 g/mol. The fraction of sp³-hybridized carbons (Fsp3) is 0.432. The molecular weight excluding hydrogens is 582 g/mol. The average molecular weight is 624 g/mol. The molecule has 4 aliphatic rings. The van der Waals surface area contributed by atoms with E-state index in [1.54, 1.807) is 0 Å². The van der Waals surface area contributed by atoms with E-state index >= 15 is 0 Å². The summed E-state index contributed by atoms with van der Waals surface area (Å²) < 4.78 is 0. The molecule has 6 N–H and O–H groups in total. The van der Waals surface area contributed by atoms with Crippen molar-refractivity contribution in [1.82, 2.24) is 16.0 Å². The van der Waals surface area contributed by atoms with Crippen LogP contribution in [-0.4, -0.2) is 63.4 Å². The Morgan fingerprint density at radius 1 is 0.652 bits per heavy atom. The summed E-state index contributed by atoms with van der Waals surface area (Å²) in [6, 6.07) is 18.0. The number of aliphatic carboxylic acids is 3. The van der Waals surface area contributed by atoms with Gasteiger partial charge in [-0.05, 0) is 49.8 Å². The minimum atomic E-state index is -0.906. The van der Waals surface area contributed by atoms with Crippen LogP contribution in [0.15, 0.2) is 60.7 Å². The van der Waals surface area contributed by atoms with Crippen LogP contribution in [0.25, 0.3) is 0 Å². The van der Waals surface area contributed by atoms with E-state index in [4.69, 9.17) is 29.5 Å². The van der Waals surface area contributed by atoms with Crippen LogP contribution in [0, 0.1) is 54.8 Å². The zero-order valence-electron chi connectivity index (χ0n) is 25.7. The van der Waals surface area contributed by atoms with Gasteiger partial charge in [0.2, 0.25) is 0 Å². The second kappa shape index (κ2) is 15.1. The molecule has 2 aromatic carbocycles. The summed E-state index contributed by atoms with van der Waals surface area (Å²) in [7, 11) is 0. The Hall–Kier alpha value is -4.59. The molecule has 6 atom stereocenters. The number of hydrogen-bond donors (Lipinski definition) is 6. The van der Waals surface area contributed by atoms with E-state index in [9.17, 15) is 19.5 Å². The van der Waals surface area contributed by atoms with E-state index in [1.165, 1.54) is 12.8 Å². The molecule has 0 amide bonds. The quantitative estimate of drug-likeness (QED) is 0.276. The van der Waals surface area contributed by atoms with Crippen LogP contribution in [0.1, 0.15) is 56.1 Å². The van der Waals surface area contributed by atoms with Gasteiger partial charge in [0.1, 0.15) is 18.1 Å². The molecule has 46 heavy (non-hydrogen) atoms.